The minimum Gasteiger partial charge on any atom is -0.321 e. The molecule has 2 heterocycles. The van der Waals surface area contributed by atoms with Gasteiger partial charge in [-0.15, -0.1) is 0 Å². The van der Waals surface area contributed by atoms with Crippen molar-refractivity contribution in [1.82, 2.24) is 14.8 Å². The highest BCUT2D eigenvalue weighted by Crippen LogP contribution is 2.24. The number of pyridine rings is 1. The van der Waals surface area contributed by atoms with E-state index >= 15 is 0 Å². The third-order valence-electron chi connectivity index (χ3n) is 4.94. The summed E-state index contributed by atoms with van der Waals surface area (Å²) in [5.41, 5.74) is 7.18. The molecule has 2 aromatic carbocycles. The van der Waals surface area contributed by atoms with Crippen LogP contribution in [0.15, 0.2) is 73.1 Å². The van der Waals surface area contributed by atoms with E-state index < -0.39 is 0 Å². The van der Waals surface area contributed by atoms with Crippen LogP contribution in [0, 0.1) is 20.8 Å². The number of nitrogens with zero attached hydrogens (tertiary/aromatic N) is 3. The number of rotatable bonds is 4. The maximum Gasteiger partial charge on any atom is 0.276 e. The van der Waals surface area contributed by atoms with Gasteiger partial charge in [0.1, 0.15) is 0 Å². The average molecular weight is 382 g/mol. The maximum absolute atomic E-state index is 12.9. The number of amides is 1. The summed E-state index contributed by atoms with van der Waals surface area (Å²) in [5.74, 6) is -0.246. The van der Waals surface area contributed by atoms with E-state index in [1.54, 1.807) is 23.1 Å². The Labute approximate surface area is 170 Å². The van der Waals surface area contributed by atoms with E-state index in [9.17, 15) is 4.79 Å². The number of anilines is 1. The van der Waals surface area contributed by atoms with E-state index in [-0.39, 0.29) is 5.91 Å². The third kappa shape index (κ3) is 3.94. The number of hydrogen-bond acceptors (Lipinski definition) is 3. The van der Waals surface area contributed by atoms with Crippen LogP contribution >= 0.6 is 0 Å². The van der Waals surface area contributed by atoms with E-state index in [0.717, 1.165) is 33.8 Å². The highest BCUT2D eigenvalue weighted by atomic mass is 16.1. The molecule has 0 aliphatic heterocycles. The molecular weight excluding hydrogens is 360 g/mol. The van der Waals surface area contributed by atoms with Crippen LogP contribution in [-0.2, 0) is 0 Å². The van der Waals surface area contributed by atoms with Gasteiger partial charge in [0, 0.05) is 23.6 Å². The molecule has 4 rings (SSSR count). The molecule has 0 unspecified atom stereocenters. The Bertz CT molecular complexity index is 1160. The standard InChI is InChI=1S/C24H22N4O/c1-16-6-10-21(11-7-16)28-23(19-5-4-12-25-15-19)14-22(27-28)24(29)26-20-9-8-17(2)18(3)13-20/h4-15H,1-3H3,(H,26,29). The lowest BCUT2D eigenvalue weighted by molar-refractivity contribution is 0.102. The van der Waals surface area contributed by atoms with E-state index in [2.05, 4.69) is 15.4 Å². The number of carbonyl (C=O) groups excluding carboxylic acids is 1. The lowest BCUT2D eigenvalue weighted by Crippen LogP contribution is -2.13. The molecule has 5 heteroatoms. The lowest BCUT2D eigenvalue weighted by atomic mass is 10.1. The molecule has 29 heavy (non-hydrogen) atoms. The smallest absolute Gasteiger partial charge is 0.276 e. The zero-order chi connectivity index (χ0) is 20.4. The Balaban J connectivity index is 1.73. The van der Waals surface area contributed by atoms with Gasteiger partial charge in [-0.05, 0) is 74.4 Å². The maximum atomic E-state index is 12.9. The van der Waals surface area contributed by atoms with Crippen molar-refractivity contribution >= 4 is 11.6 Å². The normalized spacial score (nSPS) is 10.7. The Morgan fingerprint density at radius 2 is 1.72 bits per heavy atom. The highest BCUT2D eigenvalue weighted by Gasteiger charge is 2.17. The van der Waals surface area contributed by atoms with Crippen molar-refractivity contribution < 1.29 is 4.79 Å². The number of hydrogen-bond donors (Lipinski definition) is 1. The van der Waals surface area contributed by atoms with E-state index in [1.165, 1.54) is 5.56 Å². The molecule has 0 bridgehead atoms. The molecule has 0 aliphatic rings. The summed E-state index contributed by atoms with van der Waals surface area (Å²) < 4.78 is 1.78. The predicted molar refractivity (Wildman–Crippen MR) is 115 cm³/mol. The van der Waals surface area contributed by atoms with Crippen LogP contribution in [-0.4, -0.2) is 20.7 Å². The monoisotopic (exact) mass is 382 g/mol. The number of nitrogens with one attached hydrogen (secondary N) is 1. The van der Waals surface area contributed by atoms with Crippen LogP contribution in [0.5, 0.6) is 0 Å². The van der Waals surface area contributed by atoms with Gasteiger partial charge in [-0.25, -0.2) is 4.68 Å². The molecule has 0 saturated carbocycles. The first-order valence-electron chi connectivity index (χ1n) is 9.47. The van der Waals surface area contributed by atoms with Crippen molar-refractivity contribution in [3.05, 3.63) is 95.4 Å². The molecule has 0 fully saturated rings. The molecular formula is C24H22N4O. The van der Waals surface area contributed by atoms with Crippen molar-refractivity contribution in [1.29, 1.82) is 0 Å². The molecule has 0 radical (unpaired) electrons. The number of carbonyl (C=O) groups is 1. The van der Waals surface area contributed by atoms with Gasteiger partial charge in [0.15, 0.2) is 5.69 Å². The SMILES string of the molecule is Cc1ccc(-n2nc(C(=O)Nc3ccc(C)c(C)c3)cc2-c2cccnc2)cc1. The zero-order valence-electron chi connectivity index (χ0n) is 16.7. The molecule has 0 spiro atoms. The molecule has 144 valence electrons. The predicted octanol–water partition coefficient (Wildman–Crippen LogP) is 5.11. The van der Waals surface area contributed by atoms with Gasteiger partial charge in [-0.2, -0.15) is 5.10 Å². The van der Waals surface area contributed by atoms with Gasteiger partial charge in [-0.1, -0.05) is 23.8 Å². The van der Waals surface area contributed by atoms with Gasteiger partial charge in [-0.3, -0.25) is 9.78 Å². The molecule has 0 atom stereocenters. The van der Waals surface area contributed by atoms with E-state index in [1.807, 2.05) is 75.4 Å². The Morgan fingerprint density at radius 3 is 2.41 bits per heavy atom. The van der Waals surface area contributed by atoms with Gasteiger partial charge in [0.05, 0.1) is 11.4 Å². The van der Waals surface area contributed by atoms with Crippen LogP contribution in [0.3, 0.4) is 0 Å². The average Bonchev–Trinajstić information content (AvgIpc) is 3.18. The molecule has 1 N–H and O–H groups in total. The van der Waals surface area contributed by atoms with Crippen LogP contribution in [0.1, 0.15) is 27.2 Å². The Kier molecular flexibility index (Phi) is 4.96. The van der Waals surface area contributed by atoms with Crippen LogP contribution < -0.4 is 5.32 Å². The minimum atomic E-state index is -0.246. The molecule has 0 saturated heterocycles. The second-order valence-corrected chi connectivity index (χ2v) is 7.16. The summed E-state index contributed by atoms with van der Waals surface area (Å²) in [6, 6.07) is 19.5. The molecule has 0 aliphatic carbocycles. The van der Waals surface area contributed by atoms with Crippen molar-refractivity contribution in [2.24, 2.45) is 0 Å². The summed E-state index contributed by atoms with van der Waals surface area (Å²) in [4.78, 5) is 17.1. The number of benzene rings is 2. The number of aryl methyl sites for hydroxylation is 3. The van der Waals surface area contributed by atoms with Crippen molar-refractivity contribution in [2.45, 2.75) is 20.8 Å². The highest BCUT2D eigenvalue weighted by molar-refractivity contribution is 6.03. The fourth-order valence-electron chi connectivity index (χ4n) is 3.11. The molecule has 1 amide bonds. The lowest BCUT2D eigenvalue weighted by Gasteiger charge is -2.07. The molecule has 5 nitrogen and oxygen atoms in total. The van der Waals surface area contributed by atoms with Crippen LogP contribution in [0.4, 0.5) is 5.69 Å². The van der Waals surface area contributed by atoms with Crippen LogP contribution in [0.2, 0.25) is 0 Å². The number of aromatic nitrogens is 3. The van der Waals surface area contributed by atoms with Crippen molar-refractivity contribution in [2.75, 3.05) is 5.32 Å². The largest absolute Gasteiger partial charge is 0.321 e. The Morgan fingerprint density at radius 1 is 0.931 bits per heavy atom. The topological polar surface area (TPSA) is 59.8 Å². The van der Waals surface area contributed by atoms with Gasteiger partial charge in [0.2, 0.25) is 0 Å². The molecule has 2 aromatic heterocycles. The second kappa shape index (κ2) is 7.72. The van der Waals surface area contributed by atoms with Gasteiger partial charge in [0.25, 0.3) is 5.91 Å². The van der Waals surface area contributed by atoms with E-state index in [0.29, 0.717) is 5.69 Å². The van der Waals surface area contributed by atoms with Crippen molar-refractivity contribution in [3.63, 3.8) is 0 Å². The fourth-order valence-corrected chi connectivity index (χ4v) is 3.11. The summed E-state index contributed by atoms with van der Waals surface area (Å²) in [6.45, 7) is 6.11. The van der Waals surface area contributed by atoms with Crippen molar-refractivity contribution in [3.8, 4) is 16.9 Å². The molecule has 4 aromatic rings. The van der Waals surface area contributed by atoms with E-state index in [4.69, 9.17) is 0 Å². The summed E-state index contributed by atoms with van der Waals surface area (Å²) in [5, 5.41) is 7.55. The Hall–Kier alpha value is -3.73. The zero-order valence-corrected chi connectivity index (χ0v) is 16.7. The quantitative estimate of drug-likeness (QED) is 0.533. The summed E-state index contributed by atoms with van der Waals surface area (Å²) in [6.07, 6.45) is 3.50. The summed E-state index contributed by atoms with van der Waals surface area (Å²) >= 11 is 0. The first-order valence-corrected chi connectivity index (χ1v) is 9.47. The first kappa shape index (κ1) is 18.6. The van der Waals surface area contributed by atoms with Crippen LogP contribution in [0.25, 0.3) is 16.9 Å². The summed E-state index contributed by atoms with van der Waals surface area (Å²) in [7, 11) is 0. The minimum absolute atomic E-state index is 0.246. The third-order valence-corrected chi connectivity index (χ3v) is 4.94. The van der Waals surface area contributed by atoms with Gasteiger partial charge >= 0.3 is 0 Å². The second-order valence-electron chi connectivity index (χ2n) is 7.16. The first-order chi connectivity index (χ1) is 14.0. The van der Waals surface area contributed by atoms with Gasteiger partial charge < -0.3 is 5.32 Å². The fraction of sp³-hybridized carbons (Fsp3) is 0.125.